The lowest BCUT2D eigenvalue weighted by Crippen LogP contribution is -2.61. The predicted octanol–water partition coefficient (Wildman–Crippen LogP) is 2.75. The first-order valence-electron chi connectivity index (χ1n) is 19.9. The molecule has 3 rings (SSSR count). The fraction of sp³-hybridized carbons (Fsp3) is 0.925. The molecule has 0 aliphatic carbocycles. The van der Waals surface area contributed by atoms with Crippen LogP contribution in [0.25, 0.3) is 0 Å². The minimum atomic E-state index is -2.01. The standard InChI is InChI=1S/C40H71NO14/c1-15-27-40(11,48)33(44)22(5)30(43)20(3)18-38(9,47)35(55-37-32(53-28(42)16-2)26(41(12)13)17-21(4)50-37)23(6)31(24(7)36(46)52-27)54-29-19-39(10,49-14)34(45)25(8)51-29/h20-27,29,31-35,37,44-45,47-48H,15-19H2,1-14H3/t20-,21-,22+,23-,24-,25-,26+,27-,29?,31+,32-,33+,34-,35-,37?,38?,39+,40-/m1/s1. The molecule has 320 valence electrons. The van der Waals surface area contributed by atoms with Crippen molar-refractivity contribution in [1.29, 1.82) is 0 Å². The maximum atomic E-state index is 14.2. The lowest BCUT2D eigenvalue weighted by atomic mass is 9.74. The van der Waals surface area contributed by atoms with Crippen LogP contribution in [0.2, 0.25) is 0 Å². The average Bonchev–Trinajstić information content (AvgIpc) is 3.11. The van der Waals surface area contributed by atoms with Crippen molar-refractivity contribution in [2.75, 3.05) is 21.2 Å². The number of aliphatic hydroxyl groups is 4. The van der Waals surface area contributed by atoms with Crippen molar-refractivity contribution in [3.05, 3.63) is 0 Å². The number of esters is 2. The summed E-state index contributed by atoms with van der Waals surface area (Å²) in [6, 6.07) is -0.319. The largest absolute Gasteiger partial charge is 0.459 e. The maximum Gasteiger partial charge on any atom is 0.311 e. The van der Waals surface area contributed by atoms with Gasteiger partial charge in [0.05, 0.1) is 53.7 Å². The first kappa shape index (κ1) is 47.6. The van der Waals surface area contributed by atoms with Crippen molar-refractivity contribution in [2.45, 2.75) is 193 Å². The first-order chi connectivity index (χ1) is 25.4. The Kier molecular flexibility index (Phi) is 16.3. The van der Waals surface area contributed by atoms with Crippen LogP contribution in [0.4, 0.5) is 0 Å². The van der Waals surface area contributed by atoms with Crippen LogP contribution >= 0.6 is 0 Å². The third-order valence-corrected chi connectivity index (χ3v) is 12.4. The van der Waals surface area contributed by atoms with E-state index in [9.17, 15) is 34.8 Å². The minimum Gasteiger partial charge on any atom is -0.459 e. The number of carbonyl (C=O) groups is 3. The molecule has 0 aromatic rings. The van der Waals surface area contributed by atoms with Crippen molar-refractivity contribution in [1.82, 2.24) is 4.90 Å². The molecule has 0 bridgehead atoms. The highest BCUT2D eigenvalue weighted by molar-refractivity contribution is 5.83. The van der Waals surface area contributed by atoms with Gasteiger partial charge < -0.3 is 58.5 Å². The Morgan fingerprint density at radius 2 is 1.51 bits per heavy atom. The van der Waals surface area contributed by atoms with Crippen molar-refractivity contribution < 1.29 is 68.0 Å². The van der Waals surface area contributed by atoms with E-state index in [2.05, 4.69) is 0 Å². The van der Waals surface area contributed by atoms with Gasteiger partial charge in [-0.15, -0.1) is 0 Å². The molecule has 3 saturated heterocycles. The number of hydrogen-bond donors (Lipinski definition) is 4. The van der Waals surface area contributed by atoms with E-state index < -0.39 is 114 Å². The number of nitrogens with zero attached hydrogens (tertiary/aromatic N) is 1. The summed E-state index contributed by atoms with van der Waals surface area (Å²) in [4.78, 5) is 42.9. The summed E-state index contributed by atoms with van der Waals surface area (Å²) < 4.78 is 43.6. The number of ketones is 1. The summed E-state index contributed by atoms with van der Waals surface area (Å²) in [7, 11) is 5.21. The van der Waals surface area contributed by atoms with E-state index in [1.807, 2.05) is 25.9 Å². The number of rotatable bonds is 9. The van der Waals surface area contributed by atoms with Crippen molar-refractivity contribution in [3.8, 4) is 0 Å². The molecule has 3 fully saturated rings. The third kappa shape index (κ3) is 10.6. The lowest BCUT2D eigenvalue weighted by molar-refractivity contribution is -0.319. The zero-order valence-corrected chi connectivity index (χ0v) is 35.5. The molecule has 15 nitrogen and oxygen atoms in total. The number of Topliss-reactive ketones (excluding diaryl/α,β-unsaturated/α-hetero) is 1. The summed E-state index contributed by atoms with van der Waals surface area (Å²) in [5.74, 6) is -5.59. The van der Waals surface area contributed by atoms with Crippen LogP contribution in [0.1, 0.15) is 108 Å². The number of aliphatic hydroxyl groups excluding tert-OH is 2. The highest BCUT2D eigenvalue weighted by atomic mass is 16.7. The zero-order chi connectivity index (χ0) is 42.0. The van der Waals surface area contributed by atoms with E-state index in [0.717, 1.165) is 0 Å². The van der Waals surface area contributed by atoms with Gasteiger partial charge in [0.1, 0.15) is 23.6 Å². The monoisotopic (exact) mass is 789 g/mol. The topological polar surface area (TPSA) is 200 Å². The third-order valence-electron chi connectivity index (χ3n) is 12.4. The van der Waals surface area contributed by atoms with Crippen LogP contribution in [-0.4, -0.2) is 149 Å². The Bertz CT molecular complexity index is 1290. The van der Waals surface area contributed by atoms with Crippen LogP contribution in [0.3, 0.4) is 0 Å². The molecular weight excluding hydrogens is 718 g/mol. The molecule has 0 radical (unpaired) electrons. The lowest BCUT2D eigenvalue weighted by Gasteiger charge is -2.49. The SMILES string of the molecule is CCC(=O)O[C@H]1C(O[C@@H]2[C@H](C)[C@H](OC3C[C@](C)(OC)[C@H](O)[C@@H](C)O3)[C@@H](C)C(=O)O[C@H](CC)[C@@](C)(O)[C@@H](O)[C@@H](C)C(=O)[C@H](C)CC2(C)O)O[C@H](C)C[C@@H]1N(C)C. The number of methoxy groups -OCH3 is 1. The molecular formula is C40H71NO14. The smallest absolute Gasteiger partial charge is 0.311 e. The van der Waals surface area contributed by atoms with Crippen LogP contribution < -0.4 is 0 Å². The maximum absolute atomic E-state index is 14.2. The molecule has 3 unspecified atom stereocenters. The zero-order valence-electron chi connectivity index (χ0n) is 35.5. The van der Waals surface area contributed by atoms with E-state index >= 15 is 0 Å². The molecule has 3 aliphatic rings. The van der Waals surface area contributed by atoms with Crippen molar-refractivity contribution >= 4 is 17.7 Å². The second kappa shape index (κ2) is 18.9. The Morgan fingerprint density at radius 3 is 2.05 bits per heavy atom. The molecule has 3 heterocycles. The van der Waals surface area contributed by atoms with E-state index in [1.54, 1.807) is 48.5 Å². The fourth-order valence-corrected chi connectivity index (χ4v) is 8.76. The van der Waals surface area contributed by atoms with Gasteiger partial charge in [0, 0.05) is 37.7 Å². The van der Waals surface area contributed by atoms with Crippen LogP contribution in [0.15, 0.2) is 0 Å². The van der Waals surface area contributed by atoms with E-state index in [0.29, 0.717) is 6.42 Å². The van der Waals surface area contributed by atoms with Gasteiger partial charge in [0.2, 0.25) is 0 Å². The molecule has 3 aliphatic heterocycles. The molecule has 4 N–H and O–H groups in total. The van der Waals surface area contributed by atoms with Gasteiger partial charge in [0.25, 0.3) is 0 Å². The second-order valence-electron chi connectivity index (χ2n) is 17.3. The summed E-state index contributed by atoms with van der Waals surface area (Å²) in [5, 5.41) is 46.6. The van der Waals surface area contributed by atoms with E-state index in [-0.39, 0.29) is 37.8 Å². The summed E-state index contributed by atoms with van der Waals surface area (Å²) in [6.07, 6.45) is -9.68. The predicted molar refractivity (Wildman–Crippen MR) is 200 cm³/mol. The Balaban J connectivity index is 2.24. The number of cyclic esters (lactones) is 1. The molecule has 18 atom stereocenters. The van der Waals surface area contributed by atoms with Gasteiger partial charge in [-0.3, -0.25) is 14.4 Å². The van der Waals surface area contributed by atoms with Gasteiger partial charge in [-0.25, -0.2) is 0 Å². The molecule has 0 aromatic carbocycles. The second-order valence-corrected chi connectivity index (χ2v) is 17.3. The molecule has 0 saturated carbocycles. The number of ether oxygens (including phenoxy) is 7. The van der Waals surface area contributed by atoms with Gasteiger partial charge in [0.15, 0.2) is 18.7 Å². The Labute approximate surface area is 327 Å². The van der Waals surface area contributed by atoms with Crippen molar-refractivity contribution in [2.24, 2.45) is 23.7 Å². The quantitative estimate of drug-likeness (QED) is 0.249. The van der Waals surface area contributed by atoms with Gasteiger partial charge in [-0.1, -0.05) is 34.6 Å². The Morgan fingerprint density at radius 1 is 0.891 bits per heavy atom. The van der Waals surface area contributed by atoms with E-state index in [4.69, 9.17) is 33.2 Å². The van der Waals surface area contributed by atoms with Crippen LogP contribution in [0, 0.1) is 23.7 Å². The van der Waals surface area contributed by atoms with Crippen molar-refractivity contribution in [3.63, 3.8) is 0 Å². The number of carbonyl (C=O) groups excluding carboxylic acids is 3. The fourth-order valence-electron chi connectivity index (χ4n) is 8.76. The van der Waals surface area contributed by atoms with Gasteiger partial charge >= 0.3 is 11.9 Å². The molecule has 15 heteroatoms. The summed E-state index contributed by atoms with van der Waals surface area (Å²) in [6.45, 7) is 18.0. The summed E-state index contributed by atoms with van der Waals surface area (Å²) in [5.41, 5.74) is -4.92. The normalized spacial score (nSPS) is 46.9. The highest BCUT2D eigenvalue weighted by Crippen LogP contribution is 2.41. The molecule has 0 aromatic heterocycles. The molecule has 0 amide bonds. The average molecular weight is 790 g/mol. The molecule has 55 heavy (non-hydrogen) atoms. The van der Waals surface area contributed by atoms with Gasteiger partial charge in [-0.05, 0) is 74.9 Å². The highest BCUT2D eigenvalue weighted by Gasteiger charge is 2.54. The van der Waals surface area contributed by atoms with E-state index in [1.165, 1.54) is 27.9 Å². The first-order valence-corrected chi connectivity index (χ1v) is 19.9. The molecule has 0 spiro atoms. The number of likely N-dealkylation sites (N-methyl/N-ethyl adjacent to an activating group) is 1. The minimum absolute atomic E-state index is 0.0760. The number of hydrogen-bond acceptors (Lipinski definition) is 15. The Hall–Kier alpha value is -1.79. The summed E-state index contributed by atoms with van der Waals surface area (Å²) >= 11 is 0. The van der Waals surface area contributed by atoms with Gasteiger partial charge in [-0.2, -0.15) is 0 Å². The van der Waals surface area contributed by atoms with Crippen LogP contribution in [-0.2, 0) is 47.5 Å². The van der Waals surface area contributed by atoms with Crippen LogP contribution in [0.5, 0.6) is 0 Å².